The van der Waals surface area contributed by atoms with Crippen LogP contribution < -0.4 is 5.32 Å². The Hall–Kier alpha value is -2.04. The zero-order valence-corrected chi connectivity index (χ0v) is 14.4. The van der Waals surface area contributed by atoms with Crippen molar-refractivity contribution in [3.63, 3.8) is 0 Å². The van der Waals surface area contributed by atoms with Gasteiger partial charge in [0.2, 0.25) is 15.9 Å². The summed E-state index contributed by atoms with van der Waals surface area (Å²) in [6.07, 6.45) is 1.06. The fourth-order valence-corrected chi connectivity index (χ4v) is 4.95. The van der Waals surface area contributed by atoms with Gasteiger partial charge >= 0.3 is 0 Å². The number of non-ortho nitro benzene ring substituents is 1. The number of rotatable bonds is 4. The summed E-state index contributed by atoms with van der Waals surface area (Å²) < 4.78 is 27.0. The van der Waals surface area contributed by atoms with E-state index in [9.17, 15) is 23.3 Å². The van der Waals surface area contributed by atoms with Crippen LogP contribution in [0.1, 0.15) is 12.8 Å². The van der Waals surface area contributed by atoms with Gasteiger partial charge in [-0.1, -0.05) is 6.07 Å². The molecule has 25 heavy (non-hydrogen) atoms. The molecule has 1 aromatic rings. The number of carbonyl (C=O) groups excluding carboxylic acids is 1. The molecule has 2 heterocycles. The van der Waals surface area contributed by atoms with Crippen LogP contribution in [-0.4, -0.2) is 67.2 Å². The van der Waals surface area contributed by atoms with E-state index in [0.717, 1.165) is 6.07 Å². The van der Waals surface area contributed by atoms with Gasteiger partial charge in [-0.05, 0) is 18.9 Å². The van der Waals surface area contributed by atoms with Gasteiger partial charge in [0.25, 0.3) is 5.69 Å². The van der Waals surface area contributed by atoms with Crippen molar-refractivity contribution < 1.29 is 18.1 Å². The first-order chi connectivity index (χ1) is 11.9. The number of sulfonamides is 1. The highest BCUT2D eigenvalue weighted by Gasteiger charge is 2.41. The molecular weight excluding hydrogens is 348 g/mol. The van der Waals surface area contributed by atoms with Crippen molar-refractivity contribution >= 4 is 21.6 Å². The van der Waals surface area contributed by atoms with Crippen LogP contribution in [0.2, 0.25) is 0 Å². The predicted octanol–water partition coefficient (Wildman–Crippen LogP) is 0.180. The highest BCUT2D eigenvalue weighted by atomic mass is 32.2. The van der Waals surface area contributed by atoms with Gasteiger partial charge in [-0.2, -0.15) is 4.31 Å². The highest BCUT2D eigenvalue weighted by molar-refractivity contribution is 7.89. The highest BCUT2D eigenvalue weighted by Crippen LogP contribution is 2.29. The van der Waals surface area contributed by atoms with Crippen LogP contribution in [0.3, 0.4) is 0 Å². The lowest BCUT2D eigenvalue weighted by atomic mass is 10.2. The van der Waals surface area contributed by atoms with E-state index < -0.39 is 21.0 Å². The molecule has 0 aromatic heterocycles. The van der Waals surface area contributed by atoms with Crippen molar-refractivity contribution in [2.45, 2.75) is 23.8 Å². The number of nitrogens with one attached hydrogen (secondary N) is 1. The molecule has 2 aliphatic heterocycles. The third-order valence-electron chi connectivity index (χ3n) is 4.55. The average Bonchev–Trinajstić information content (AvgIpc) is 3.12. The molecule has 2 aliphatic rings. The zero-order valence-electron chi connectivity index (χ0n) is 13.6. The van der Waals surface area contributed by atoms with Crippen molar-refractivity contribution in [1.82, 2.24) is 14.5 Å². The summed E-state index contributed by atoms with van der Waals surface area (Å²) >= 11 is 0. The first-order valence-electron chi connectivity index (χ1n) is 8.17. The molecule has 1 unspecified atom stereocenters. The van der Waals surface area contributed by atoms with Gasteiger partial charge in [0.15, 0.2) is 0 Å². The molecule has 9 nitrogen and oxygen atoms in total. The van der Waals surface area contributed by atoms with E-state index in [4.69, 9.17) is 0 Å². The molecule has 2 fully saturated rings. The quantitative estimate of drug-likeness (QED) is 0.599. The lowest BCUT2D eigenvalue weighted by Gasteiger charge is -2.32. The molecule has 3 rings (SSSR count). The monoisotopic (exact) mass is 368 g/mol. The first kappa shape index (κ1) is 17.8. The maximum absolute atomic E-state index is 12.9. The minimum atomic E-state index is -3.96. The van der Waals surface area contributed by atoms with Crippen LogP contribution in [0.4, 0.5) is 5.69 Å². The van der Waals surface area contributed by atoms with Crippen LogP contribution in [0.25, 0.3) is 0 Å². The second kappa shape index (κ2) is 7.06. The van der Waals surface area contributed by atoms with E-state index >= 15 is 0 Å². The molecule has 0 aliphatic carbocycles. The second-order valence-corrected chi connectivity index (χ2v) is 7.99. The average molecular weight is 368 g/mol. The van der Waals surface area contributed by atoms with Crippen molar-refractivity contribution in [1.29, 1.82) is 0 Å². The van der Waals surface area contributed by atoms with Crippen LogP contribution in [0.15, 0.2) is 29.2 Å². The summed E-state index contributed by atoms with van der Waals surface area (Å²) in [5.74, 6) is -0.187. The molecule has 0 spiro atoms. The van der Waals surface area contributed by atoms with Crippen molar-refractivity contribution in [3.05, 3.63) is 34.4 Å². The van der Waals surface area contributed by atoms with E-state index in [-0.39, 0.29) is 23.0 Å². The molecule has 10 heteroatoms. The smallest absolute Gasteiger partial charge is 0.270 e. The Morgan fingerprint density at radius 2 is 1.96 bits per heavy atom. The fraction of sp³-hybridized carbons (Fsp3) is 0.533. The van der Waals surface area contributed by atoms with E-state index in [2.05, 4.69) is 5.32 Å². The molecule has 136 valence electrons. The third kappa shape index (κ3) is 3.51. The molecule has 0 bridgehead atoms. The van der Waals surface area contributed by atoms with E-state index in [0.29, 0.717) is 39.0 Å². The molecule has 0 saturated carbocycles. The Labute approximate surface area is 145 Å². The summed E-state index contributed by atoms with van der Waals surface area (Å²) in [6, 6.07) is 4.22. The molecule has 1 amide bonds. The van der Waals surface area contributed by atoms with Crippen LogP contribution in [-0.2, 0) is 14.8 Å². The van der Waals surface area contributed by atoms with Crippen molar-refractivity contribution in [2.24, 2.45) is 0 Å². The van der Waals surface area contributed by atoms with Gasteiger partial charge in [-0.3, -0.25) is 14.9 Å². The third-order valence-corrected chi connectivity index (χ3v) is 6.46. The summed E-state index contributed by atoms with van der Waals surface area (Å²) in [6.45, 7) is 2.74. The maximum Gasteiger partial charge on any atom is 0.270 e. The summed E-state index contributed by atoms with van der Waals surface area (Å²) in [4.78, 5) is 24.6. The molecule has 0 radical (unpaired) electrons. The Bertz CT molecular complexity index is 776. The predicted molar refractivity (Wildman–Crippen MR) is 89.5 cm³/mol. The normalized spacial score (nSPS) is 22.1. The summed E-state index contributed by atoms with van der Waals surface area (Å²) in [5.41, 5.74) is -0.287. The second-order valence-electron chi connectivity index (χ2n) is 6.10. The number of nitro benzene ring substituents is 1. The van der Waals surface area contributed by atoms with Crippen molar-refractivity contribution in [2.75, 3.05) is 32.7 Å². The van der Waals surface area contributed by atoms with E-state index in [1.54, 1.807) is 4.90 Å². The SMILES string of the molecule is O=C(C1CCCN1S(=O)(=O)c1cccc([N+](=O)[O-])c1)N1CCNCC1. The summed E-state index contributed by atoms with van der Waals surface area (Å²) in [5, 5.41) is 14.1. The maximum atomic E-state index is 12.9. The Kier molecular flexibility index (Phi) is 5.02. The van der Waals surface area contributed by atoms with Gasteiger partial charge < -0.3 is 10.2 Å². The van der Waals surface area contributed by atoms with Gasteiger partial charge in [0, 0.05) is 44.9 Å². The molecule has 2 saturated heterocycles. The van der Waals surface area contributed by atoms with Crippen molar-refractivity contribution in [3.8, 4) is 0 Å². The van der Waals surface area contributed by atoms with E-state index in [1.165, 1.54) is 22.5 Å². The zero-order chi connectivity index (χ0) is 18.0. The van der Waals surface area contributed by atoms with Gasteiger partial charge in [-0.15, -0.1) is 0 Å². The number of hydrogen-bond acceptors (Lipinski definition) is 6. The molecular formula is C15H20N4O5S. The number of hydrogen-bond donors (Lipinski definition) is 1. The molecule has 1 aromatic carbocycles. The largest absolute Gasteiger partial charge is 0.339 e. The Morgan fingerprint density at radius 3 is 2.64 bits per heavy atom. The molecule has 1 atom stereocenters. The minimum absolute atomic E-state index is 0.151. The Morgan fingerprint density at radius 1 is 1.24 bits per heavy atom. The fourth-order valence-electron chi connectivity index (χ4n) is 3.26. The van der Waals surface area contributed by atoms with Gasteiger partial charge in [-0.25, -0.2) is 8.42 Å². The first-order valence-corrected chi connectivity index (χ1v) is 9.61. The topological polar surface area (TPSA) is 113 Å². The van der Waals surface area contributed by atoms with Gasteiger partial charge in [0.05, 0.1) is 9.82 Å². The summed E-state index contributed by atoms with van der Waals surface area (Å²) in [7, 11) is -3.96. The number of nitrogens with zero attached hydrogens (tertiary/aromatic N) is 3. The molecule has 1 N–H and O–H groups in total. The number of amides is 1. The lowest BCUT2D eigenvalue weighted by molar-refractivity contribution is -0.385. The van der Waals surface area contributed by atoms with Gasteiger partial charge in [0.1, 0.15) is 6.04 Å². The standard InChI is InChI=1S/C15H20N4O5S/c20-15(17-9-6-16-7-10-17)14-5-2-8-18(14)25(23,24)13-4-1-3-12(11-13)19(21)22/h1,3-4,11,14,16H,2,5-10H2. The number of piperazine rings is 1. The van der Waals surface area contributed by atoms with Crippen LogP contribution in [0.5, 0.6) is 0 Å². The lowest BCUT2D eigenvalue weighted by Crippen LogP contribution is -2.53. The van der Waals surface area contributed by atoms with Crippen LogP contribution in [0, 0.1) is 10.1 Å². The number of carbonyl (C=O) groups is 1. The minimum Gasteiger partial charge on any atom is -0.339 e. The Balaban J connectivity index is 1.86. The van der Waals surface area contributed by atoms with E-state index in [1.807, 2.05) is 0 Å². The van der Waals surface area contributed by atoms with Crippen LogP contribution >= 0.6 is 0 Å². The number of benzene rings is 1. The number of nitro groups is 1.